The number of amides is 2. The van der Waals surface area contributed by atoms with Crippen LogP contribution in [0.15, 0.2) is 47.4 Å². The molecular weight excluding hydrogens is 468 g/mol. The van der Waals surface area contributed by atoms with Gasteiger partial charge in [-0.15, -0.1) is 0 Å². The van der Waals surface area contributed by atoms with Crippen LogP contribution in [0.3, 0.4) is 0 Å². The van der Waals surface area contributed by atoms with Gasteiger partial charge in [-0.2, -0.15) is 5.10 Å². The number of benzene rings is 2. The van der Waals surface area contributed by atoms with Crippen LogP contribution in [0.1, 0.15) is 47.6 Å². The Hall–Kier alpha value is -3.23. The summed E-state index contributed by atoms with van der Waals surface area (Å²) in [6.45, 7) is 1.43. The van der Waals surface area contributed by atoms with E-state index >= 15 is 0 Å². The molecule has 35 heavy (non-hydrogen) atoms. The lowest BCUT2D eigenvalue weighted by Gasteiger charge is -2.26. The molecule has 2 heterocycles. The van der Waals surface area contributed by atoms with Crippen molar-refractivity contribution in [1.82, 2.24) is 15.1 Å². The maximum atomic E-state index is 13.0. The van der Waals surface area contributed by atoms with Crippen LogP contribution in [0, 0.1) is 11.3 Å². The minimum atomic E-state index is -0.388. The number of carbonyl (C=O) groups is 2. The van der Waals surface area contributed by atoms with Crippen LogP contribution < -0.4 is 16.2 Å². The molecule has 1 aromatic heterocycles. The van der Waals surface area contributed by atoms with E-state index in [0.29, 0.717) is 47.3 Å². The fourth-order valence-electron chi connectivity index (χ4n) is 5.04. The van der Waals surface area contributed by atoms with E-state index in [1.54, 1.807) is 47.3 Å². The van der Waals surface area contributed by atoms with Gasteiger partial charge in [0.05, 0.1) is 46.8 Å². The number of ether oxygens (including phenoxy) is 1. The summed E-state index contributed by atoms with van der Waals surface area (Å²) in [7, 11) is 0. The van der Waals surface area contributed by atoms with E-state index in [2.05, 4.69) is 15.7 Å². The quantitative estimate of drug-likeness (QED) is 0.546. The van der Waals surface area contributed by atoms with E-state index in [4.69, 9.17) is 16.3 Å². The van der Waals surface area contributed by atoms with E-state index in [9.17, 15) is 14.4 Å². The smallest absolute Gasteiger partial charge is 0.274 e. The Morgan fingerprint density at radius 3 is 2.77 bits per heavy atom. The molecule has 3 aliphatic rings. The molecule has 3 fully saturated rings. The zero-order valence-electron chi connectivity index (χ0n) is 19.1. The zero-order valence-corrected chi connectivity index (χ0v) is 19.8. The molecule has 2 N–H and O–H groups in total. The van der Waals surface area contributed by atoms with E-state index in [0.717, 1.165) is 36.6 Å². The van der Waals surface area contributed by atoms with Crippen molar-refractivity contribution in [3.63, 3.8) is 0 Å². The van der Waals surface area contributed by atoms with Crippen molar-refractivity contribution in [2.45, 2.75) is 38.3 Å². The third-order valence-electron chi connectivity index (χ3n) is 7.58. The SMILES string of the molecule is O=C(Nc1ccc2cnn(C3CCC3)c(=O)c2c1)c1cc(CNC(=O)C23COCC2C3)ccc1Cl. The number of nitrogens with one attached hydrogen (secondary N) is 2. The van der Waals surface area contributed by atoms with Crippen molar-refractivity contribution in [3.8, 4) is 0 Å². The largest absolute Gasteiger partial charge is 0.380 e. The van der Waals surface area contributed by atoms with Crippen LogP contribution in [-0.4, -0.2) is 34.8 Å². The summed E-state index contributed by atoms with van der Waals surface area (Å²) in [6.07, 6.45) is 5.59. The first-order chi connectivity index (χ1) is 16.9. The van der Waals surface area contributed by atoms with Gasteiger partial charge >= 0.3 is 0 Å². The Morgan fingerprint density at radius 2 is 2.06 bits per heavy atom. The van der Waals surface area contributed by atoms with Gasteiger partial charge in [0, 0.05) is 23.5 Å². The lowest BCUT2D eigenvalue weighted by atomic mass is 9.93. The van der Waals surface area contributed by atoms with Gasteiger partial charge in [0.15, 0.2) is 0 Å². The van der Waals surface area contributed by atoms with Gasteiger partial charge in [0.25, 0.3) is 11.5 Å². The molecule has 2 aliphatic carbocycles. The maximum absolute atomic E-state index is 13.0. The van der Waals surface area contributed by atoms with Crippen molar-refractivity contribution in [3.05, 3.63) is 69.1 Å². The first kappa shape index (κ1) is 22.2. The highest BCUT2D eigenvalue weighted by molar-refractivity contribution is 6.34. The Bertz CT molecular complexity index is 1420. The molecule has 0 spiro atoms. The van der Waals surface area contributed by atoms with Crippen LogP contribution in [-0.2, 0) is 16.1 Å². The summed E-state index contributed by atoms with van der Waals surface area (Å²) in [5.41, 5.74) is 1.06. The molecule has 180 valence electrons. The first-order valence-corrected chi connectivity index (χ1v) is 12.3. The number of rotatable bonds is 6. The average molecular weight is 493 g/mol. The summed E-state index contributed by atoms with van der Waals surface area (Å²) >= 11 is 6.32. The number of anilines is 1. The predicted octanol–water partition coefficient (Wildman–Crippen LogP) is 3.68. The molecule has 1 saturated heterocycles. The van der Waals surface area contributed by atoms with E-state index in [1.165, 1.54) is 0 Å². The number of aromatic nitrogens is 2. The summed E-state index contributed by atoms with van der Waals surface area (Å²) in [5, 5.41) is 11.7. The molecule has 2 atom stereocenters. The lowest BCUT2D eigenvalue weighted by molar-refractivity contribution is -0.127. The molecule has 2 unspecified atom stereocenters. The van der Waals surface area contributed by atoms with Gasteiger partial charge in [0.1, 0.15) is 0 Å². The predicted molar refractivity (Wildman–Crippen MR) is 132 cm³/mol. The van der Waals surface area contributed by atoms with Gasteiger partial charge in [-0.1, -0.05) is 23.7 Å². The molecule has 6 rings (SSSR count). The average Bonchev–Trinajstić information content (AvgIpc) is 3.39. The highest BCUT2D eigenvalue weighted by Crippen LogP contribution is 2.57. The summed E-state index contributed by atoms with van der Waals surface area (Å²) < 4.78 is 6.96. The van der Waals surface area contributed by atoms with Crippen molar-refractivity contribution < 1.29 is 14.3 Å². The molecule has 1 aliphatic heterocycles. The Kier molecular flexibility index (Phi) is 5.38. The second-order valence-electron chi connectivity index (χ2n) is 9.80. The van der Waals surface area contributed by atoms with Gasteiger partial charge in [-0.05, 0) is 55.5 Å². The van der Waals surface area contributed by atoms with Gasteiger partial charge in [0.2, 0.25) is 5.91 Å². The standard InChI is InChI=1S/C26H25ClN4O4/c27-22-7-4-15(11-28-25(34)26-10-17(26)13-35-14-26)8-21(22)23(32)30-18-6-5-16-12-29-31(19-2-1-3-19)24(33)20(16)9-18/h4-9,12,17,19H,1-3,10-11,13-14H2,(H,28,34)(H,30,32). The number of fused-ring (bicyclic) bond motifs is 2. The molecule has 2 saturated carbocycles. The number of hydrogen-bond acceptors (Lipinski definition) is 5. The van der Waals surface area contributed by atoms with Crippen LogP contribution in [0.2, 0.25) is 5.02 Å². The molecule has 3 aromatic rings. The number of hydrogen-bond donors (Lipinski definition) is 2. The monoisotopic (exact) mass is 492 g/mol. The summed E-state index contributed by atoms with van der Waals surface area (Å²) in [5.74, 6) is -0.0651. The molecule has 8 nitrogen and oxygen atoms in total. The maximum Gasteiger partial charge on any atom is 0.274 e. The minimum Gasteiger partial charge on any atom is -0.380 e. The summed E-state index contributed by atoms with van der Waals surface area (Å²) in [4.78, 5) is 38.6. The zero-order chi connectivity index (χ0) is 24.2. The van der Waals surface area contributed by atoms with E-state index < -0.39 is 0 Å². The van der Waals surface area contributed by atoms with Crippen molar-refractivity contribution in [2.75, 3.05) is 18.5 Å². The van der Waals surface area contributed by atoms with Crippen LogP contribution in [0.25, 0.3) is 10.8 Å². The van der Waals surface area contributed by atoms with Gasteiger partial charge < -0.3 is 15.4 Å². The first-order valence-electron chi connectivity index (χ1n) is 11.9. The number of carbonyl (C=O) groups excluding carboxylic acids is 2. The minimum absolute atomic E-state index is 0.000776. The lowest BCUT2D eigenvalue weighted by Crippen LogP contribution is -2.33. The Balaban J connectivity index is 1.18. The van der Waals surface area contributed by atoms with Gasteiger partial charge in [-0.3, -0.25) is 14.4 Å². The fraction of sp³-hybridized carbons (Fsp3) is 0.385. The highest BCUT2D eigenvalue weighted by Gasteiger charge is 2.63. The second kappa shape index (κ2) is 8.46. The molecule has 2 aromatic carbocycles. The Labute approximate surface area is 206 Å². The molecule has 2 amide bonds. The third-order valence-corrected chi connectivity index (χ3v) is 7.91. The number of nitrogens with zero attached hydrogens (tertiary/aromatic N) is 2. The van der Waals surface area contributed by atoms with Gasteiger partial charge in [-0.25, -0.2) is 4.68 Å². The normalized spacial score (nSPS) is 22.9. The van der Waals surface area contributed by atoms with E-state index in [1.807, 2.05) is 0 Å². The van der Waals surface area contributed by atoms with Crippen LogP contribution in [0.5, 0.6) is 0 Å². The third kappa shape index (κ3) is 3.90. The molecule has 0 bridgehead atoms. The molecular formula is C26H25ClN4O4. The van der Waals surface area contributed by atoms with Crippen LogP contribution >= 0.6 is 11.6 Å². The Morgan fingerprint density at radius 1 is 1.20 bits per heavy atom. The molecule has 9 heteroatoms. The summed E-state index contributed by atoms with van der Waals surface area (Å²) in [6, 6.07) is 10.5. The second-order valence-corrected chi connectivity index (χ2v) is 10.2. The number of halogens is 1. The van der Waals surface area contributed by atoms with Crippen molar-refractivity contribution in [1.29, 1.82) is 0 Å². The van der Waals surface area contributed by atoms with Crippen molar-refractivity contribution in [2.24, 2.45) is 11.3 Å². The topological polar surface area (TPSA) is 102 Å². The molecule has 0 radical (unpaired) electrons. The fourth-order valence-corrected chi connectivity index (χ4v) is 5.24. The highest BCUT2D eigenvalue weighted by atomic mass is 35.5. The van der Waals surface area contributed by atoms with Crippen molar-refractivity contribution >= 4 is 39.9 Å². The van der Waals surface area contributed by atoms with Crippen LogP contribution in [0.4, 0.5) is 5.69 Å². The van der Waals surface area contributed by atoms with E-state index in [-0.39, 0.29) is 28.8 Å².